The first-order chi connectivity index (χ1) is 49.2. The van der Waals surface area contributed by atoms with Crippen molar-refractivity contribution in [1.82, 2.24) is 85.0 Å². The van der Waals surface area contributed by atoms with Crippen molar-refractivity contribution in [3.8, 4) is 43.5 Å². The molecule has 102 heavy (non-hydrogen) atoms. The molecule has 0 spiro atoms. The van der Waals surface area contributed by atoms with E-state index in [4.69, 9.17) is 57.2 Å². The number of aromatic nitrogens is 16. The lowest BCUT2D eigenvalue weighted by atomic mass is 10.2. The Labute approximate surface area is 630 Å². The van der Waals surface area contributed by atoms with E-state index >= 15 is 0 Å². The van der Waals surface area contributed by atoms with Gasteiger partial charge in [-0.1, -0.05) is 58.5 Å². The number of nitrogens with one attached hydrogen (secondary N) is 8. The van der Waals surface area contributed by atoms with Gasteiger partial charge in [0, 0.05) is 114 Å². The maximum atomic E-state index is 12.7. The second-order valence-electron chi connectivity index (χ2n) is 24.4. The minimum absolute atomic E-state index is 0. The number of aliphatic hydroxyl groups excluding tert-OH is 3. The summed E-state index contributed by atoms with van der Waals surface area (Å²) in [5, 5.41) is 71.5. The van der Waals surface area contributed by atoms with Gasteiger partial charge >= 0.3 is 0 Å². The fourth-order valence-electron chi connectivity index (χ4n) is 10.0. The molecule has 4 fully saturated rings. The number of halogens is 4. The number of primary amides is 1. The van der Waals surface area contributed by atoms with Gasteiger partial charge in [0.05, 0.1) is 68.0 Å². The molecule has 1 amide bonds. The van der Waals surface area contributed by atoms with E-state index < -0.39 is 28.1 Å². The minimum atomic E-state index is -3.74. The molecule has 12 aromatic rings. The number of carbonyl (C=O) groups excluding carboxylic acids is 1. The van der Waals surface area contributed by atoms with Crippen molar-refractivity contribution in [2.24, 2.45) is 5.73 Å². The summed E-state index contributed by atoms with van der Waals surface area (Å²) in [4.78, 5) is 50.9. The molecule has 548 valence electrons. The highest BCUT2D eigenvalue weighted by molar-refractivity contribution is 7.89. The Morgan fingerprint density at radius 2 is 0.882 bits per heavy atom. The van der Waals surface area contributed by atoms with Crippen LogP contribution < -0.4 is 27.0 Å². The molecule has 0 bridgehead atoms. The fraction of sp³-hybridized carbons (Fsp3) is 0.288. The van der Waals surface area contributed by atoms with Crippen molar-refractivity contribution < 1.29 is 42.8 Å². The highest BCUT2D eigenvalue weighted by atomic mass is 35.5. The van der Waals surface area contributed by atoms with Crippen LogP contribution in [0, 0.1) is 0 Å². The number of benzene rings is 1. The first kappa shape index (κ1) is 71.5. The third kappa shape index (κ3) is 17.9. The SMILES string of the molecule is CN(CCO)S(=O)(=O)c1cccc(-c2ncc(Cl)c(Nc3cc(C4CC4)[nH]n3)n2)c1.C[C@@H](O)c1ccc(-c2ncc(Cl)c(Nc3cc(C4CC4)[nH]n3)n2)s1.C[C@H](O)c1ccc(-c2ncc(Cl)c(Nc3cc(C4CC4)[nH]n3)n2)s1.NC(=O)c1ccc(-c2ncc(Cl)c(Nc3cc(C4CC4)[nH]n3)n2)s1.[HH].[HH].[HH].[HH].[HH].[HH].[HH].[HH].[HH].[HH]. The van der Waals surface area contributed by atoms with E-state index in [1.54, 1.807) is 50.5 Å². The van der Waals surface area contributed by atoms with Crippen LogP contribution in [-0.2, 0) is 10.0 Å². The highest BCUT2D eigenvalue weighted by Crippen LogP contribution is 2.44. The molecule has 2 atom stereocenters. The number of amides is 1. The number of aliphatic hydroxyl groups is 3. The number of aromatic amines is 4. The van der Waals surface area contributed by atoms with Crippen LogP contribution in [0.25, 0.3) is 43.5 Å². The number of hydrogen-bond donors (Lipinski definition) is 12. The van der Waals surface area contributed by atoms with Crippen LogP contribution in [0.5, 0.6) is 0 Å². The normalized spacial score (nSPS) is 14.7. The van der Waals surface area contributed by atoms with Crippen molar-refractivity contribution in [3.05, 3.63) is 167 Å². The zero-order valence-electron chi connectivity index (χ0n) is 54.5. The molecular weight excluding hydrogens is 1470 g/mol. The molecule has 4 aliphatic rings. The molecule has 1 aromatic carbocycles. The Morgan fingerprint density at radius 1 is 0.539 bits per heavy atom. The largest absolute Gasteiger partial charge is 0.395 e. The van der Waals surface area contributed by atoms with Gasteiger partial charge in [0.25, 0.3) is 5.91 Å². The molecule has 0 radical (unpaired) electrons. The second-order valence-corrected chi connectivity index (χ2v) is 31.3. The number of carbonyl (C=O) groups is 1. The third-order valence-corrected chi connectivity index (χ3v) is 22.8. The smallest absolute Gasteiger partial charge is 0.258 e. The Balaban J connectivity index is 0.000000377. The summed E-state index contributed by atoms with van der Waals surface area (Å²) in [5.74, 6) is 8.31. The second kappa shape index (κ2) is 31.4. The summed E-state index contributed by atoms with van der Waals surface area (Å²) < 4.78 is 26.4. The lowest BCUT2D eigenvalue weighted by Crippen LogP contribution is -2.29. The van der Waals surface area contributed by atoms with Gasteiger partial charge < -0.3 is 42.3 Å². The molecule has 0 aliphatic heterocycles. The van der Waals surface area contributed by atoms with Crippen molar-refractivity contribution >= 4 is 143 Å². The number of rotatable bonds is 23. The molecule has 16 rings (SSSR count). The molecule has 0 unspecified atom stereocenters. The lowest BCUT2D eigenvalue weighted by Gasteiger charge is -2.16. The Kier molecular flexibility index (Phi) is 22.0. The van der Waals surface area contributed by atoms with E-state index in [9.17, 15) is 23.4 Å². The zero-order chi connectivity index (χ0) is 71.3. The highest BCUT2D eigenvalue weighted by Gasteiger charge is 2.30. The van der Waals surface area contributed by atoms with Crippen LogP contribution in [0.1, 0.15) is 158 Å². The number of likely N-dealkylation sites (N-methyl/N-ethyl adjacent to an activating group) is 1. The number of anilines is 8. The van der Waals surface area contributed by atoms with Gasteiger partial charge in [0.15, 0.2) is 69.8 Å². The molecule has 0 saturated heterocycles. The molecule has 4 aliphatic carbocycles. The number of hydrogen-bond acceptors (Lipinski definition) is 25. The first-order valence-corrected chi connectivity index (χ1v) is 37.6. The number of nitrogens with two attached hydrogens (primary N) is 1. The first-order valence-electron chi connectivity index (χ1n) is 32.2. The number of sulfonamides is 1. The topological polar surface area (TPSA) is 407 Å². The summed E-state index contributed by atoms with van der Waals surface area (Å²) in [5.41, 5.74) is 10.3. The van der Waals surface area contributed by atoms with Crippen molar-refractivity contribution in [2.45, 2.75) is 106 Å². The van der Waals surface area contributed by atoms with Crippen molar-refractivity contribution in [3.63, 3.8) is 0 Å². The Morgan fingerprint density at radius 3 is 1.21 bits per heavy atom. The summed E-state index contributed by atoms with van der Waals surface area (Å²) in [7, 11) is -2.32. The van der Waals surface area contributed by atoms with Crippen LogP contribution >= 0.6 is 80.4 Å². The lowest BCUT2D eigenvalue weighted by molar-refractivity contribution is 0.100. The molecule has 11 heterocycles. The van der Waals surface area contributed by atoms with Gasteiger partial charge in [-0.25, -0.2) is 48.3 Å². The quantitative estimate of drug-likeness (QED) is 0.0283. The number of H-pyrrole nitrogens is 4. The monoisotopic (exact) mass is 1550 g/mol. The average molecular weight is 1550 g/mol. The third-order valence-electron chi connectivity index (χ3n) is 16.2. The average Bonchev–Trinajstić information content (AvgIpc) is 1.15. The molecule has 36 heteroatoms. The van der Waals surface area contributed by atoms with Gasteiger partial charge in [-0.2, -0.15) is 24.7 Å². The van der Waals surface area contributed by atoms with E-state index in [1.807, 2.05) is 48.5 Å². The molecule has 13 N–H and O–H groups in total. The summed E-state index contributed by atoms with van der Waals surface area (Å²) in [6, 6.07) is 25.2. The van der Waals surface area contributed by atoms with Crippen LogP contribution in [0.3, 0.4) is 0 Å². The summed E-state index contributed by atoms with van der Waals surface area (Å²) >= 11 is 29.0. The molecule has 4 saturated carbocycles. The van der Waals surface area contributed by atoms with E-state index in [0.717, 1.165) is 64.3 Å². The van der Waals surface area contributed by atoms with Gasteiger partial charge in [0.2, 0.25) is 10.0 Å². The zero-order valence-corrected chi connectivity index (χ0v) is 60.8. The summed E-state index contributed by atoms with van der Waals surface area (Å²) in [6.07, 6.45) is 14.7. The Hall–Kier alpha value is -8.90. The van der Waals surface area contributed by atoms with Crippen LogP contribution in [0.4, 0.5) is 46.5 Å². The van der Waals surface area contributed by atoms with E-state index in [0.29, 0.717) is 124 Å². The van der Waals surface area contributed by atoms with E-state index in [2.05, 4.69) is 102 Å². The predicted molar refractivity (Wildman–Crippen MR) is 417 cm³/mol. The molecule has 11 aromatic heterocycles. The molecular formula is C66H86Cl4N22O6S4. The van der Waals surface area contributed by atoms with Gasteiger partial charge in [0.1, 0.15) is 20.1 Å². The van der Waals surface area contributed by atoms with Crippen LogP contribution in [-0.4, -0.2) is 135 Å². The van der Waals surface area contributed by atoms with E-state index in [1.165, 1.54) is 104 Å². The van der Waals surface area contributed by atoms with E-state index in [-0.39, 0.29) is 32.3 Å². The maximum absolute atomic E-state index is 12.7. The van der Waals surface area contributed by atoms with Crippen molar-refractivity contribution in [1.29, 1.82) is 0 Å². The van der Waals surface area contributed by atoms with Crippen LogP contribution in [0.15, 0.2) is 115 Å². The fourth-order valence-corrected chi connectivity index (χ4v) is 14.4. The number of nitrogens with zero attached hydrogens (tertiary/aromatic N) is 13. The van der Waals surface area contributed by atoms with Gasteiger partial charge in [-0.3, -0.25) is 25.2 Å². The predicted octanol–water partition coefficient (Wildman–Crippen LogP) is 17.0. The van der Waals surface area contributed by atoms with Crippen LogP contribution in [0.2, 0.25) is 20.1 Å². The Bertz CT molecular complexity index is 4960. The van der Waals surface area contributed by atoms with Crippen molar-refractivity contribution in [2.75, 3.05) is 41.5 Å². The summed E-state index contributed by atoms with van der Waals surface area (Å²) in [6.45, 7) is 3.21. The standard InChI is InChI=1S/C19H21ClN6O3S.2C16H16ClN5OS.C15H13ClN6OS.10H2/c1-26(7-8-27)30(28,29)14-4-2-3-13(9-14)18-21-11-15(20)19(23-18)22-17-10-16(24-25-17)12-5-6-12;2*1-8(23)12-4-5-13(24-12)16-18-7-10(17)15(20-16)19-14-6-11(21-22-14)9-2-3-9;16-8-6-18-15(11-4-3-10(24-11)13(17)23)20-14(8)19-12-5-9(21-22-12)7-1-2-7;;;;;;;;;;/h2-4,9-12,27H,5-8H2,1H3,(H2,21,22,23,24,25);2*4-9,23H,2-3H2,1H3,(H2,18,19,20,21,22);3-7H,1-2H2,(H2,17,23)(H2,18,19,20,21,22);10*1H/t;2*8-;;;;;;;;;;;/m.10.........../s1. The van der Waals surface area contributed by atoms with Gasteiger partial charge in [-0.15, -0.1) is 34.0 Å². The van der Waals surface area contributed by atoms with Gasteiger partial charge in [-0.05, 0) is 114 Å². The number of thiophene rings is 3. The maximum Gasteiger partial charge on any atom is 0.258 e. The minimum Gasteiger partial charge on any atom is -0.395 e. The molecule has 28 nitrogen and oxygen atoms in total.